The summed E-state index contributed by atoms with van der Waals surface area (Å²) in [7, 11) is 1.92. The summed E-state index contributed by atoms with van der Waals surface area (Å²) in [6.07, 6.45) is 7.65. The number of H-pyrrole nitrogens is 1. The highest BCUT2D eigenvalue weighted by Crippen LogP contribution is 2.41. The maximum atomic E-state index is 13.2. The van der Waals surface area contributed by atoms with Gasteiger partial charge in [0.25, 0.3) is 0 Å². The van der Waals surface area contributed by atoms with Crippen molar-refractivity contribution in [1.82, 2.24) is 15.0 Å². The number of carbonyl (C=O) groups is 1. The molecule has 8 heteroatoms. The molecule has 3 heterocycles. The maximum absolute atomic E-state index is 13.2. The van der Waals surface area contributed by atoms with Crippen LogP contribution in [0.4, 0.5) is 4.39 Å². The molecule has 0 bridgehead atoms. The molecule has 0 saturated carbocycles. The minimum atomic E-state index is -1.00. The number of carboxylic acid groups (broad SMARTS) is 1. The Kier molecular flexibility index (Phi) is 4.43. The standard InChI is InChI=1S/C22H17FN4O2S/c1-27-21-14(3-2-4-18(21)30-13-7-5-12(23)6-8-13)20(26-27)17-11-16-19(25-17)15(22(28)29)9-10-24-16/h2-11,14,21,25H,1H3,(H,28,29). The van der Waals surface area contributed by atoms with E-state index in [2.05, 4.69) is 22.1 Å². The summed E-state index contributed by atoms with van der Waals surface area (Å²) < 4.78 is 13.2. The number of halogens is 1. The number of aromatic nitrogens is 2. The molecule has 1 aliphatic carbocycles. The van der Waals surface area contributed by atoms with Gasteiger partial charge >= 0.3 is 5.97 Å². The Balaban J connectivity index is 1.48. The van der Waals surface area contributed by atoms with Crippen molar-refractivity contribution in [2.24, 2.45) is 11.0 Å². The van der Waals surface area contributed by atoms with E-state index in [0.29, 0.717) is 11.0 Å². The Bertz CT molecular complexity index is 1250. The lowest BCUT2D eigenvalue weighted by atomic mass is 9.90. The predicted octanol–water partition coefficient (Wildman–Crippen LogP) is 4.28. The minimum absolute atomic E-state index is 0.00397. The number of nitrogens with zero attached hydrogens (tertiary/aromatic N) is 3. The Morgan fingerprint density at radius 3 is 2.83 bits per heavy atom. The van der Waals surface area contributed by atoms with Crippen LogP contribution in [-0.4, -0.2) is 44.9 Å². The molecule has 2 unspecified atom stereocenters. The molecule has 0 fully saturated rings. The van der Waals surface area contributed by atoms with E-state index in [1.807, 2.05) is 24.2 Å². The van der Waals surface area contributed by atoms with E-state index in [9.17, 15) is 14.3 Å². The van der Waals surface area contributed by atoms with Gasteiger partial charge in [-0.15, -0.1) is 0 Å². The average molecular weight is 420 g/mol. The third kappa shape index (κ3) is 3.09. The molecule has 3 aromatic rings. The fourth-order valence-electron chi connectivity index (χ4n) is 3.92. The lowest BCUT2D eigenvalue weighted by Crippen LogP contribution is -2.32. The van der Waals surface area contributed by atoms with Crippen LogP contribution in [0.2, 0.25) is 0 Å². The van der Waals surface area contributed by atoms with Gasteiger partial charge in [-0.2, -0.15) is 5.10 Å². The van der Waals surface area contributed by atoms with Gasteiger partial charge in [0, 0.05) is 23.0 Å². The third-order valence-corrected chi connectivity index (χ3v) is 6.39. The van der Waals surface area contributed by atoms with E-state index in [1.54, 1.807) is 23.9 Å². The van der Waals surface area contributed by atoms with Crippen LogP contribution < -0.4 is 0 Å². The number of nitrogens with one attached hydrogen (secondary N) is 1. The van der Waals surface area contributed by atoms with E-state index in [4.69, 9.17) is 5.10 Å². The highest BCUT2D eigenvalue weighted by molar-refractivity contribution is 8.03. The third-order valence-electron chi connectivity index (χ3n) is 5.27. The molecule has 1 aromatic carbocycles. The van der Waals surface area contributed by atoms with Crippen molar-refractivity contribution >= 4 is 34.5 Å². The highest BCUT2D eigenvalue weighted by atomic mass is 32.2. The van der Waals surface area contributed by atoms with Gasteiger partial charge in [0.05, 0.1) is 40.0 Å². The second-order valence-corrected chi connectivity index (χ2v) is 8.29. The first-order chi connectivity index (χ1) is 14.5. The molecule has 2 atom stereocenters. The fourth-order valence-corrected chi connectivity index (χ4v) is 5.03. The molecule has 0 amide bonds. The zero-order valence-electron chi connectivity index (χ0n) is 15.9. The summed E-state index contributed by atoms with van der Waals surface area (Å²) >= 11 is 1.59. The molecular weight excluding hydrogens is 403 g/mol. The zero-order valence-corrected chi connectivity index (χ0v) is 16.7. The number of pyridine rings is 1. The molecule has 0 radical (unpaired) electrons. The van der Waals surface area contributed by atoms with E-state index in [1.165, 1.54) is 24.4 Å². The number of benzene rings is 1. The number of aromatic carboxylic acids is 1. The van der Waals surface area contributed by atoms with Gasteiger partial charge in [0.1, 0.15) is 5.82 Å². The summed E-state index contributed by atoms with van der Waals surface area (Å²) in [6.45, 7) is 0. The van der Waals surface area contributed by atoms with E-state index in [-0.39, 0.29) is 23.3 Å². The van der Waals surface area contributed by atoms with Crippen LogP contribution in [0.1, 0.15) is 16.1 Å². The molecule has 0 spiro atoms. The number of hydrogen-bond donors (Lipinski definition) is 2. The van der Waals surface area contributed by atoms with Gasteiger partial charge in [0.15, 0.2) is 0 Å². The summed E-state index contributed by atoms with van der Waals surface area (Å²) in [5.41, 5.74) is 2.85. The largest absolute Gasteiger partial charge is 0.478 e. The highest BCUT2D eigenvalue weighted by Gasteiger charge is 2.39. The number of allylic oxidation sites excluding steroid dienone is 2. The van der Waals surface area contributed by atoms with Crippen LogP contribution in [-0.2, 0) is 0 Å². The smallest absolute Gasteiger partial charge is 0.337 e. The Morgan fingerprint density at radius 1 is 1.27 bits per heavy atom. The van der Waals surface area contributed by atoms with Crippen molar-refractivity contribution in [2.45, 2.75) is 10.9 Å². The minimum Gasteiger partial charge on any atom is -0.478 e. The van der Waals surface area contributed by atoms with Crippen molar-refractivity contribution in [3.8, 4) is 0 Å². The molecular formula is C22H17FN4O2S. The molecule has 6 nitrogen and oxygen atoms in total. The number of likely N-dealkylation sites (N-methyl/N-ethyl adjacent to an activating group) is 1. The lowest BCUT2D eigenvalue weighted by Gasteiger charge is -2.28. The number of hydrogen-bond acceptors (Lipinski definition) is 5. The molecule has 5 rings (SSSR count). The predicted molar refractivity (Wildman–Crippen MR) is 114 cm³/mol. The topological polar surface area (TPSA) is 81.6 Å². The molecule has 2 aliphatic rings. The van der Waals surface area contributed by atoms with Gasteiger partial charge in [-0.1, -0.05) is 30.0 Å². The van der Waals surface area contributed by atoms with Crippen LogP contribution >= 0.6 is 11.8 Å². The van der Waals surface area contributed by atoms with E-state index >= 15 is 0 Å². The number of aromatic amines is 1. The van der Waals surface area contributed by atoms with Crippen LogP contribution in [0, 0.1) is 11.7 Å². The number of fused-ring (bicyclic) bond motifs is 2. The molecule has 0 saturated heterocycles. The van der Waals surface area contributed by atoms with Crippen molar-refractivity contribution in [3.63, 3.8) is 0 Å². The Labute approximate surface area is 175 Å². The first kappa shape index (κ1) is 18.6. The SMILES string of the molecule is CN1N=C(c2cc3nccc(C(=O)O)c3[nH]2)C2C=CC=C(Sc3ccc(F)cc3)C21. The zero-order chi connectivity index (χ0) is 20.8. The maximum Gasteiger partial charge on any atom is 0.337 e. The van der Waals surface area contributed by atoms with Crippen LogP contribution in [0.15, 0.2) is 75.7 Å². The second kappa shape index (κ2) is 7.14. The number of thioether (sulfide) groups is 1. The van der Waals surface area contributed by atoms with Crippen molar-refractivity contribution in [3.05, 3.63) is 82.8 Å². The normalized spacial score (nSPS) is 20.3. The summed E-state index contributed by atoms with van der Waals surface area (Å²) in [6, 6.07) is 9.78. The summed E-state index contributed by atoms with van der Waals surface area (Å²) in [5, 5.41) is 16.1. The molecule has 2 N–H and O–H groups in total. The summed E-state index contributed by atoms with van der Waals surface area (Å²) in [4.78, 5) is 21.1. The van der Waals surface area contributed by atoms with Crippen molar-refractivity contribution in [2.75, 3.05) is 7.05 Å². The lowest BCUT2D eigenvalue weighted by molar-refractivity contribution is 0.0698. The molecule has 30 heavy (non-hydrogen) atoms. The molecule has 2 aromatic heterocycles. The Morgan fingerprint density at radius 2 is 2.07 bits per heavy atom. The number of rotatable bonds is 4. The van der Waals surface area contributed by atoms with Crippen molar-refractivity contribution < 1.29 is 14.3 Å². The number of hydrazone groups is 1. The average Bonchev–Trinajstić information content (AvgIpc) is 3.31. The van der Waals surface area contributed by atoms with Gasteiger partial charge in [-0.05, 0) is 36.4 Å². The number of carboxylic acids is 1. The van der Waals surface area contributed by atoms with Crippen LogP contribution in [0.25, 0.3) is 11.0 Å². The van der Waals surface area contributed by atoms with Gasteiger partial charge < -0.3 is 10.1 Å². The Hall–Kier alpha value is -3.39. The molecule has 150 valence electrons. The second-order valence-electron chi connectivity index (χ2n) is 7.15. The molecule has 1 aliphatic heterocycles. The van der Waals surface area contributed by atoms with Gasteiger partial charge in [-0.3, -0.25) is 9.99 Å². The van der Waals surface area contributed by atoms with Gasteiger partial charge in [-0.25, -0.2) is 9.18 Å². The van der Waals surface area contributed by atoms with Gasteiger partial charge in [0.2, 0.25) is 0 Å². The quantitative estimate of drug-likeness (QED) is 0.658. The summed E-state index contributed by atoms with van der Waals surface area (Å²) in [5.74, 6) is -1.26. The van der Waals surface area contributed by atoms with Crippen LogP contribution in [0.3, 0.4) is 0 Å². The monoisotopic (exact) mass is 420 g/mol. The van der Waals surface area contributed by atoms with E-state index < -0.39 is 5.97 Å². The first-order valence-electron chi connectivity index (χ1n) is 9.36. The van der Waals surface area contributed by atoms with Crippen LogP contribution in [0.5, 0.6) is 0 Å². The fraction of sp³-hybridized carbons (Fsp3) is 0.136. The first-order valence-corrected chi connectivity index (χ1v) is 10.2. The van der Waals surface area contributed by atoms with Crippen molar-refractivity contribution in [1.29, 1.82) is 0 Å². The van der Waals surface area contributed by atoms with E-state index in [0.717, 1.165) is 21.2 Å².